The smallest absolute Gasteiger partial charge is 0.325 e. The van der Waals surface area contributed by atoms with Crippen molar-refractivity contribution in [1.29, 1.82) is 0 Å². The van der Waals surface area contributed by atoms with Gasteiger partial charge in [0.15, 0.2) is 0 Å². The molecule has 4 rings (SSSR count). The SMILES string of the molecule is Cc1cccc2[nH]c([C@H]3CCCN(C(=O)c4c[nH]c(=O)[nH]c4=O)C3)nc12. The lowest BCUT2D eigenvalue weighted by Gasteiger charge is -2.31. The number of imidazole rings is 1. The van der Waals surface area contributed by atoms with Crippen molar-refractivity contribution in [2.45, 2.75) is 25.7 Å². The molecule has 1 aliphatic rings. The fraction of sp³-hybridized carbons (Fsp3) is 0.333. The van der Waals surface area contributed by atoms with Gasteiger partial charge in [0.2, 0.25) is 0 Å². The second kappa shape index (κ2) is 6.29. The van der Waals surface area contributed by atoms with Gasteiger partial charge in [0, 0.05) is 25.2 Å². The van der Waals surface area contributed by atoms with Crippen LogP contribution in [0.15, 0.2) is 34.0 Å². The van der Waals surface area contributed by atoms with Crippen molar-refractivity contribution >= 4 is 16.9 Å². The molecule has 1 aliphatic heterocycles. The van der Waals surface area contributed by atoms with E-state index in [1.165, 1.54) is 6.20 Å². The minimum absolute atomic E-state index is 0.0503. The highest BCUT2D eigenvalue weighted by Gasteiger charge is 2.28. The van der Waals surface area contributed by atoms with Gasteiger partial charge < -0.3 is 14.9 Å². The molecule has 0 bridgehead atoms. The molecule has 0 aliphatic carbocycles. The van der Waals surface area contributed by atoms with Crippen LogP contribution < -0.4 is 11.2 Å². The number of H-pyrrole nitrogens is 3. The Morgan fingerprint density at radius 3 is 2.88 bits per heavy atom. The molecule has 0 spiro atoms. The molecule has 1 atom stereocenters. The first-order valence-electron chi connectivity index (χ1n) is 8.59. The Bertz CT molecular complexity index is 1090. The van der Waals surface area contributed by atoms with Gasteiger partial charge in [-0.25, -0.2) is 9.78 Å². The molecule has 8 heteroatoms. The third-order valence-corrected chi connectivity index (χ3v) is 4.88. The number of hydrogen-bond acceptors (Lipinski definition) is 4. The molecule has 8 nitrogen and oxygen atoms in total. The van der Waals surface area contributed by atoms with Crippen LogP contribution in [0.1, 0.15) is 40.5 Å². The van der Waals surface area contributed by atoms with Gasteiger partial charge in [0.25, 0.3) is 11.5 Å². The maximum atomic E-state index is 12.7. The predicted molar refractivity (Wildman–Crippen MR) is 96.4 cm³/mol. The lowest BCUT2D eigenvalue weighted by Crippen LogP contribution is -2.42. The number of nitrogens with zero attached hydrogens (tertiary/aromatic N) is 2. The topological polar surface area (TPSA) is 115 Å². The number of carbonyl (C=O) groups excluding carboxylic acids is 1. The number of aryl methyl sites for hydroxylation is 1. The molecule has 1 aromatic carbocycles. The van der Waals surface area contributed by atoms with E-state index in [2.05, 4.69) is 15.0 Å². The number of piperidine rings is 1. The van der Waals surface area contributed by atoms with Crippen LogP contribution in [0.25, 0.3) is 11.0 Å². The third-order valence-electron chi connectivity index (χ3n) is 4.88. The van der Waals surface area contributed by atoms with Gasteiger partial charge in [-0.3, -0.25) is 14.6 Å². The molecule has 1 fully saturated rings. The van der Waals surface area contributed by atoms with Crippen molar-refractivity contribution in [3.8, 4) is 0 Å². The van der Waals surface area contributed by atoms with Gasteiger partial charge in [0.05, 0.1) is 11.0 Å². The van der Waals surface area contributed by atoms with E-state index in [4.69, 9.17) is 4.98 Å². The summed E-state index contributed by atoms with van der Waals surface area (Å²) in [4.78, 5) is 49.9. The van der Waals surface area contributed by atoms with Crippen LogP contribution in [0, 0.1) is 6.92 Å². The molecule has 1 saturated heterocycles. The van der Waals surface area contributed by atoms with Crippen molar-refractivity contribution in [2.24, 2.45) is 0 Å². The minimum Gasteiger partial charge on any atom is -0.342 e. The molecule has 1 amide bonds. The van der Waals surface area contributed by atoms with Gasteiger partial charge in [-0.05, 0) is 31.4 Å². The maximum Gasteiger partial charge on any atom is 0.325 e. The van der Waals surface area contributed by atoms with Gasteiger partial charge >= 0.3 is 5.69 Å². The number of fused-ring (bicyclic) bond motifs is 1. The van der Waals surface area contributed by atoms with Crippen LogP contribution in [0.4, 0.5) is 0 Å². The summed E-state index contributed by atoms with van der Waals surface area (Å²) in [5.41, 5.74) is 1.70. The summed E-state index contributed by atoms with van der Waals surface area (Å²) >= 11 is 0. The van der Waals surface area contributed by atoms with Crippen molar-refractivity contribution in [3.05, 3.63) is 62.2 Å². The molecule has 0 unspecified atom stereocenters. The monoisotopic (exact) mass is 353 g/mol. The van der Waals surface area contributed by atoms with E-state index in [1.807, 2.05) is 25.1 Å². The number of para-hydroxylation sites is 1. The summed E-state index contributed by atoms with van der Waals surface area (Å²) in [6, 6.07) is 6.00. The molecule has 26 heavy (non-hydrogen) atoms. The van der Waals surface area contributed by atoms with Crippen LogP contribution in [0.5, 0.6) is 0 Å². The first kappa shape index (κ1) is 16.3. The minimum atomic E-state index is -0.666. The second-order valence-electron chi connectivity index (χ2n) is 6.67. The Labute approximate surface area is 148 Å². The molecule has 134 valence electrons. The number of nitrogens with one attached hydrogen (secondary N) is 3. The van der Waals surface area contributed by atoms with E-state index in [0.29, 0.717) is 13.1 Å². The number of amides is 1. The summed E-state index contributed by atoms with van der Waals surface area (Å²) < 4.78 is 0. The summed E-state index contributed by atoms with van der Waals surface area (Å²) in [6.45, 7) is 3.08. The van der Waals surface area contributed by atoms with Crippen molar-refractivity contribution < 1.29 is 4.79 Å². The van der Waals surface area contributed by atoms with E-state index in [9.17, 15) is 14.4 Å². The summed E-state index contributed by atoms with van der Waals surface area (Å²) in [7, 11) is 0. The molecular weight excluding hydrogens is 334 g/mol. The first-order chi connectivity index (χ1) is 12.5. The fourth-order valence-corrected chi connectivity index (χ4v) is 3.51. The average molecular weight is 353 g/mol. The number of benzene rings is 1. The zero-order chi connectivity index (χ0) is 18.3. The zero-order valence-corrected chi connectivity index (χ0v) is 14.3. The number of rotatable bonds is 2. The molecule has 3 N–H and O–H groups in total. The highest BCUT2D eigenvalue weighted by molar-refractivity contribution is 5.93. The van der Waals surface area contributed by atoms with Crippen molar-refractivity contribution in [1.82, 2.24) is 24.8 Å². The number of aromatic nitrogens is 4. The van der Waals surface area contributed by atoms with Gasteiger partial charge in [-0.15, -0.1) is 0 Å². The Balaban J connectivity index is 1.60. The van der Waals surface area contributed by atoms with E-state index in [-0.39, 0.29) is 17.4 Å². The normalized spacial score (nSPS) is 17.6. The van der Waals surface area contributed by atoms with Crippen LogP contribution in [-0.4, -0.2) is 43.8 Å². The first-order valence-corrected chi connectivity index (χ1v) is 8.59. The van der Waals surface area contributed by atoms with Gasteiger partial charge in [0.1, 0.15) is 11.4 Å². The number of carbonyl (C=O) groups is 1. The van der Waals surface area contributed by atoms with Crippen LogP contribution in [0.3, 0.4) is 0 Å². The predicted octanol–water partition coefficient (Wildman–Crippen LogP) is 1.27. The third kappa shape index (κ3) is 2.83. The Morgan fingerprint density at radius 2 is 2.12 bits per heavy atom. The van der Waals surface area contributed by atoms with Crippen LogP contribution in [0.2, 0.25) is 0 Å². The highest BCUT2D eigenvalue weighted by Crippen LogP contribution is 2.28. The van der Waals surface area contributed by atoms with E-state index >= 15 is 0 Å². The molecule has 0 saturated carbocycles. The highest BCUT2D eigenvalue weighted by atomic mass is 16.2. The number of hydrogen-bond donors (Lipinski definition) is 3. The zero-order valence-electron chi connectivity index (χ0n) is 14.3. The molecule has 3 heterocycles. The summed E-state index contributed by atoms with van der Waals surface area (Å²) in [5, 5.41) is 0. The second-order valence-corrected chi connectivity index (χ2v) is 6.67. The summed E-state index contributed by atoms with van der Waals surface area (Å²) in [6.07, 6.45) is 2.93. The Hall–Kier alpha value is -3.16. The average Bonchev–Trinajstić information content (AvgIpc) is 3.07. The fourth-order valence-electron chi connectivity index (χ4n) is 3.51. The van der Waals surface area contributed by atoms with Crippen LogP contribution >= 0.6 is 0 Å². The van der Waals surface area contributed by atoms with Gasteiger partial charge in [-0.1, -0.05) is 12.1 Å². The number of aromatic amines is 3. The largest absolute Gasteiger partial charge is 0.342 e. The quantitative estimate of drug-likeness (QED) is 0.643. The lowest BCUT2D eigenvalue weighted by atomic mass is 9.97. The van der Waals surface area contributed by atoms with E-state index < -0.39 is 11.2 Å². The molecule has 2 aromatic heterocycles. The van der Waals surface area contributed by atoms with Crippen molar-refractivity contribution in [3.63, 3.8) is 0 Å². The Kier molecular flexibility index (Phi) is 3.95. The summed E-state index contributed by atoms with van der Waals surface area (Å²) in [5.74, 6) is 0.572. The molecular formula is C18H19N5O3. The molecule has 0 radical (unpaired) electrons. The maximum absolute atomic E-state index is 12.7. The number of likely N-dealkylation sites (tertiary alicyclic amines) is 1. The molecule has 3 aromatic rings. The lowest BCUT2D eigenvalue weighted by molar-refractivity contribution is 0.0702. The van der Waals surface area contributed by atoms with Crippen LogP contribution in [-0.2, 0) is 0 Å². The van der Waals surface area contributed by atoms with E-state index in [0.717, 1.165) is 35.3 Å². The standard InChI is InChI=1S/C18H19N5O3/c1-10-4-2-6-13-14(10)21-15(20-13)11-5-3-7-23(9-11)17(25)12-8-19-18(26)22-16(12)24/h2,4,6,8,11H,3,5,7,9H2,1H3,(H,20,21)(H2,19,22,24,26)/t11-/m0/s1. The van der Waals surface area contributed by atoms with Gasteiger partial charge in [-0.2, -0.15) is 0 Å². The van der Waals surface area contributed by atoms with Crippen molar-refractivity contribution in [2.75, 3.05) is 13.1 Å². The Morgan fingerprint density at radius 1 is 1.27 bits per heavy atom. The van der Waals surface area contributed by atoms with E-state index in [1.54, 1.807) is 4.90 Å².